The molecule has 1 aliphatic heterocycles. The number of benzene rings is 2. The van der Waals surface area contributed by atoms with E-state index in [2.05, 4.69) is 25.4 Å². The predicted octanol–water partition coefficient (Wildman–Crippen LogP) is 2.25. The van der Waals surface area contributed by atoms with Crippen molar-refractivity contribution >= 4 is 33.5 Å². The fraction of sp³-hybridized carbons (Fsp3) is 0.280. The van der Waals surface area contributed by atoms with Crippen LogP contribution in [-0.4, -0.2) is 55.9 Å². The third-order valence-corrected chi connectivity index (χ3v) is 7.01. The number of hydrogen-bond donors (Lipinski definition) is 3. The number of amides is 1. The molecule has 11 nitrogen and oxygen atoms in total. The van der Waals surface area contributed by atoms with Gasteiger partial charge in [-0.1, -0.05) is 18.2 Å². The van der Waals surface area contributed by atoms with E-state index in [9.17, 15) is 22.4 Å². The molecule has 1 aliphatic rings. The Hall–Kier alpha value is -4.10. The molecule has 0 saturated carbocycles. The molecule has 0 spiro atoms. The molecule has 4 rings (SSSR count). The number of anilines is 2. The Bertz CT molecular complexity index is 1360. The minimum absolute atomic E-state index is 0.0680. The second-order valence-electron chi connectivity index (χ2n) is 8.55. The van der Waals surface area contributed by atoms with Gasteiger partial charge < -0.3 is 20.4 Å². The Morgan fingerprint density at radius 3 is 2.58 bits per heavy atom. The van der Waals surface area contributed by atoms with Crippen LogP contribution in [0.1, 0.15) is 29.6 Å². The summed E-state index contributed by atoms with van der Waals surface area (Å²) in [5, 5.41) is 5.72. The van der Waals surface area contributed by atoms with Crippen molar-refractivity contribution in [2.24, 2.45) is 0 Å². The van der Waals surface area contributed by atoms with Gasteiger partial charge in [0.15, 0.2) is 0 Å². The fourth-order valence-corrected chi connectivity index (χ4v) is 4.76. The number of aromatic nitrogens is 2. The lowest BCUT2D eigenvalue weighted by atomic mass is 10.0. The average molecular weight is 543 g/mol. The maximum Gasteiger partial charge on any atom is 0.327 e. The summed E-state index contributed by atoms with van der Waals surface area (Å²) in [6.07, 6.45) is 4.81. The summed E-state index contributed by atoms with van der Waals surface area (Å²) in [6.45, 7) is 1.20. The Kier molecular flexibility index (Phi) is 8.81. The standard InChI is InChI=1S/C25H27FN6O5S/c26-22-16-19(32-15-4-6-18(17-32)30-25-28-12-5-13-29-25)9-10-21(22)24(34)27-14-11-23(33)37-31-38(35,36)20-7-2-1-3-8-20/h1-3,5,7-10,12-13,16,18,31H,4,6,11,14-15,17H2,(H,27,34)(H,28,29,30)/t18-/m0/s1. The molecule has 1 atom stereocenters. The third kappa shape index (κ3) is 7.23. The number of nitrogens with zero attached hydrogens (tertiary/aromatic N) is 3. The molecular weight excluding hydrogens is 515 g/mol. The van der Waals surface area contributed by atoms with Gasteiger partial charge in [-0.25, -0.2) is 22.8 Å². The Labute approximate surface area is 219 Å². The highest BCUT2D eigenvalue weighted by molar-refractivity contribution is 7.89. The van der Waals surface area contributed by atoms with Crippen LogP contribution < -0.4 is 20.4 Å². The number of nitrogens with one attached hydrogen (secondary N) is 3. The van der Waals surface area contributed by atoms with Crippen molar-refractivity contribution in [1.29, 1.82) is 0 Å². The van der Waals surface area contributed by atoms with Crippen LogP contribution in [0.25, 0.3) is 0 Å². The van der Waals surface area contributed by atoms with Gasteiger partial charge >= 0.3 is 5.97 Å². The molecule has 1 fully saturated rings. The predicted molar refractivity (Wildman–Crippen MR) is 137 cm³/mol. The van der Waals surface area contributed by atoms with Gasteiger partial charge in [0.05, 0.1) is 16.9 Å². The molecule has 2 aromatic carbocycles. The molecule has 38 heavy (non-hydrogen) atoms. The fourth-order valence-electron chi connectivity index (χ4n) is 3.94. The molecule has 0 aliphatic carbocycles. The molecule has 0 bridgehead atoms. The molecule has 3 N–H and O–H groups in total. The topological polar surface area (TPSA) is 143 Å². The smallest absolute Gasteiger partial charge is 0.327 e. The van der Waals surface area contributed by atoms with E-state index in [1.54, 1.807) is 35.5 Å². The van der Waals surface area contributed by atoms with E-state index >= 15 is 0 Å². The lowest BCUT2D eigenvalue weighted by Gasteiger charge is -2.34. The lowest BCUT2D eigenvalue weighted by Crippen LogP contribution is -2.42. The molecule has 1 amide bonds. The van der Waals surface area contributed by atoms with E-state index in [1.165, 1.54) is 36.4 Å². The van der Waals surface area contributed by atoms with E-state index in [1.807, 2.05) is 4.90 Å². The zero-order valence-electron chi connectivity index (χ0n) is 20.3. The second-order valence-corrected chi connectivity index (χ2v) is 10.2. The molecular formula is C25H27FN6O5S. The number of piperidine rings is 1. The lowest BCUT2D eigenvalue weighted by molar-refractivity contribution is -0.146. The van der Waals surface area contributed by atoms with Crippen molar-refractivity contribution in [2.45, 2.75) is 30.2 Å². The zero-order valence-corrected chi connectivity index (χ0v) is 21.2. The first-order chi connectivity index (χ1) is 18.3. The van der Waals surface area contributed by atoms with Crippen molar-refractivity contribution in [3.8, 4) is 0 Å². The van der Waals surface area contributed by atoms with Gasteiger partial charge in [-0.05, 0) is 54.1 Å². The molecule has 0 unspecified atom stereocenters. The van der Waals surface area contributed by atoms with Gasteiger partial charge in [-0.3, -0.25) is 9.59 Å². The maximum atomic E-state index is 14.8. The van der Waals surface area contributed by atoms with E-state index in [-0.39, 0.29) is 29.5 Å². The highest BCUT2D eigenvalue weighted by Gasteiger charge is 2.22. The van der Waals surface area contributed by atoms with Crippen molar-refractivity contribution in [1.82, 2.24) is 20.2 Å². The zero-order chi connectivity index (χ0) is 27.0. The normalized spacial score (nSPS) is 15.5. The first kappa shape index (κ1) is 26.9. The third-order valence-electron chi connectivity index (χ3n) is 5.82. The minimum atomic E-state index is -4.02. The molecule has 1 saturated heterocycles. The highest BCUT2D eigenvalue weighted by Crippen LogP contribution is 2.23. The van der Waals surface area contributed by atoms with Gasteiger partial charge in [0.1, 0.15) is 5.82 Å². The average Bonchev–Trinajstić information content (AvgIpc) is 2.93. The van der Waals surface area contributed by atoms with Crippen LogP contribution in [0.4, 0.5) is 16.0 Å². The first-order valence-corrected chi connectivity index (χ1v) is 13.4. The second kappa shape index (κ2) is 12.4. The van der Waals surface area contributed by atoms with Crippen molar-refractivity contribution < 1.29 is 27.2 Å². The monoisotopic (exact) mass is 542 g/mol. The summed E-state index contributed by atoms with van der Waals surface area (Å²) in [4.78, 5) is 41.0. The van der Waals surface area contributed by atoms with Crippen molar-refractivity contribution in [3.05, 3.63) is 78.4 Å². The maximum absolute atomic E-state index is 14.8. The largest absolute Gasteiger partial charge is 0.369 e. The molecule has 2 heterocycles. The minimum Gasteiger partial charge on any atom is -0.369 e. The number of carbonyl (C=O) groups is 2. The quantitative estimate of drug-likeness (QED) is 0.329. The molecule has 200 valence electrons. The Morgan fingerprint density at radius 1 is 1.08 bits per heavy atom. The van der Waals surface area contributed by atoms with E-state index in [0.29, 0.717) is 18.2 Å². The highest BCUT2D eigenvalue weighted by atomic mass is 32.2. The summed E-state index contributed by atoms with van der Waals surface area (Å²) in [5.41, 5.74) is 0.477. The SMILES string of the molecule is O=C(CCNC(=O)c1ccc(N2CCC[C@H](Nc3ncccn3)C2)cc1F)ONS(=O)(=O)c1ccccc1. The van der Waals surface area contributed by atoms with Crippen LogP contribution in [0.2, 0.25) is 0 Å². The van der Waals surface area contributed by atoms with Crippen LogP contribution in [0.3, 0.4) is 0 Å². The number of rotatable bonds is 10. The molecule has 3 aromatic rings. The van der Waals surface area contributed by atoms with Crippen molar-refractivity contribution in [3.63, 3.8) is 0 Å². The van der Waals surface area contributed by atoms with Crippen LogP contribution in [0, 0.1) is 5.82 Å². The van der Waals surface area contributed by atoms with E-state index < -0.39 is 27.7 Å². The molecule has 0 radical (unpaired) electrons. The van der Waals surface area contributed by atoms with Gasteiger partial charge in [0, 0.05) is 43.8 Å². The number of halogens is 1. The van der Waals surface area contributed by atoms with E-state index in [0.717, 1.165) is 19.4 Å². The number of hydrogen-bond acceptors (Lipinski definition) is 9. The van der Waals surface area contributed by atoms with Crippen LogP contribution in [-0.2, 0) is 19.7 Å². The summed E-state index contributed by atoms with van der Waals surface area (Å²) in [7, 11) is -4.02. The van der Waals surface area contributed by atoms with Crippen LogP contribution in [0.5, 0.6) is 0 Å². The molecule has 1 aromatic heterocycles. The summed E-state index contributed by atoms with van der Waals surface area (Å²) < 4.78 is 38.9. The van der Waals surface area contributed by atoms with E-state index in [4.69, 9.17) is 0 Å². The molecule has 13 heteroatoms. The Morgan fingerprint density at radius 2 is 1.84 bits per heavy atom. The van der Waals surface area contributed by atoms with Gasteiger partial charge in [-0.15, -0.1) is 0 Å². The van der Waals surface area contributed by atoms with Gasteiger partial charge in [-0.2, -0.15) is 0 Å². The van der Waals surface area contributed by atoms with Crippen LogP contribution in [0.15, 0.2) is 71.9 Å². The summed E-state index contributed by atoms with van der Waals surface area (Å²) >= 11 is 0. The van der Waals surface area contributed by atoms with Gasteiger partial charge in [0.2, 0.25) is 5.95 Å². The van der Waals surface area contributed by atoms with Gasteiger partial charge in [0.25, 0.3) is 15.9 Å². The summed E-state index contributed by atoms with van der Waals surface area (Å²) in [5.74, 6) is -1.77. The Balaban J connectivity index is 1.25. The first-order valence-electron chi connectivity index (χ1n) is 11.9. The summed E-state index contributed by atoms with van der Waals surface area (Å²) in [6, 6.07) is 13.6. The number of sulfonamides is 1. The van der Waals surface area contributed by atoms with Crippen LogP contribution >= 0.6 is 0 Å². The number of carbonyl (C=O) groups excluding carboxylic acids is 2. The van der Waals surface area contributed by atoms with Crippen molar-refractivity contribution in [2.75, 3.05) is 29.9 Å².